The van der Waals surface area contributed by atoms with Crippen LogP contribution in [0.5, 0.6) is 5.75 Å². The van der Waals surface area contributed by atoms with Crippen molar-refractivity contribution >= 4 is 28.3 Å². The van der Waals surface area contributed by atoms with Crippen LogP contribution in [0.3, 0.4) is 0 Å². The highest BCUT2D eigenvalue weighted by atomic mass is 35.5. The maximum Gasteiger partial charge on any atom is 0.175 e. The summed E-state index contributed by atoms with van der Waals surface area (Å²) >= 11 is 6.15. The van der Waals surface area contributed by atoms with Gasteiger partial charge in [-0.1, -0.05) is 29.8 Å². The first kappa shape index (κ1) is 15.8. The van der Waals surface area contributed by atoms with Crippen molar-refractivity contribution in [3.05, 3.63) is 65.6 Å². The number of phenols is 1. The molecule has 2 aromatic carbocycles. The average molecular weight is 377 g/mol. The molecule has 1 N–H and O–H groups in total. The summed E-state index contributed by atoms with van der Waals surface area (Å²) < 4.78 is 3.49. The van der Waals surface area contributed by atoms with Crippen LogP contribution in [-0.2, 0) is 0 Å². The van der Waals surface area contributed by atoms with E-state index in [1.807, 2.05) is 31.2 Å². The lowest BCUT2D eigenvalue weighted by molar-refractivity contribution is 0.477. The van der Waals surface area contributed by atoms with Crippen molar-refractivity contribution in [2.75, 3.05) is 0 Å². The lowest BCUT2D eigenvalue weighted by Gasteiger charge is -2.07. The van der Waals surface area contributed by atoms with E-state index in [0.29, 0.717) is 27.7 Å². The molecule has 0 fully saturated rings. The van der Waals surface area contributed by atoms with Gasteiger partial charge in [0.25, 0.3) is 0 Å². The summed E-state index contributed by atoms with van der Waals surface area (Å²) in [5, 5.41) is 24.5. The van der Waals surface area contributed by atoms with Gasteiger partial charge in [0.1, 0.15) is 12.1 Å². The first-order chi connectivity index (χ1) is 13.1. The lowest BCUT2D eigenvalue weighted by atomic mass is 10.2. The van der Waals surface area contributed by atoms with E-state index in [0.717, 1.165) is 16.6 Å². The van der Waals surface area contributed by atoms with Crippen LogP contribution in [0.1, 0.15) is 5.56 Å². The third-order valence-electron chi connectivity index (χ3n) is 4.52. The number of para-hydroxylation sites is 1. The standard InChI is InChI=1S/C19H13ClN6O/c1-11-6-7-12(20)8-15(11)26-17-14(9-22-26)19-24-23-18(25(19)10-21-17)13-4-2-3-5-16(13)27/h2-10,27H,1H3. The van der Waals surface area contributed by atoms with Gasteiger partial charge < -0.3 is 5.11 Å². The zero-order valence-electron chi connectivity index (χ0n) is 14.2. The van der Waals surface area contributed by atoms with Crippen LogP contribution >= 0.6 is 11.6 Å². The van der Waals surface area contributed by atoms with Gasteiger partial charge in [-0.3, -0.25) is 4.40 Å². The highest BCUT2D eigenvalue weighted by Crippen LogP contribution is 2.29. The van der Waals surface area contributed by atoms with Gasteiger partial charge in [0.05, 0.1) is 22.8 Å². The third kappa shape index (κ3) is 2.36. The van der Waals surface area contributed by atoms with E-state index in [1.165, 1.54) is 0 Å². The second kappa shape index (κ2) is 5.78. The van der Waals surface area contributed by atoms with Crippen LogP contribution in [0.2, 0.25) is 5.02 Å². The molecule has 0 spiro atoms. The lowest BCUT2D eigenvalue weighted by Crippen LogP contribution is -2.01. The largest absolute Gasteiger partial charge is 0.507 e. The predicted octanol–water partition coefficient (Wildman–Crippen LogP) is 3.80. The molecule has 0 radical (unpaired) electrons. The Labute approximate surface area is 158 Å². The van der Waals surface area contributed by atoms with E-state index < -0.39 is 0 Å². The Hall–Kier alpha value is -3.45. The number of halogens is 1. The molecule has 0 atom stereocenters. The van der Waals surface area contributed by atoms with E-state index in [2.05, 4.69) is 20.3 Å². The van der Waals surface area contributed by atoms with E-state index in [9.17, 15) is 5.11 Å². The molecule has 0 amide bonds. The number of aromatic nitrogens is 6. The molecule has 8 heteroatoms. The second-order valence-corrected chi connectivity index (χ2v) is 6.64. The Morgan fingerprint density at radius 2 is 1.89 bits per heavy atom. The first-order valence-electron chi connectivity index (χ1n) is 8.26. The molecule has 5 rings (SSSR count). The molecule has 5 aromatic rings. The molecule has 0 aliphatic rings. The van der Waals surface area contributed by atoms with Gasteiger partial charge in [-0.25, -0.2) is 9.67 Å². The van der Waals surface area contributed by atoms with Crippen molar-refractivity contribution in [1.29, 1.82) is 0 Å². The van der Waals surface area contributed by atoms with Crippen LogP contribution in [0, 0.1) is 6.92 Å². The summed E-state index contributed by atoms with van der Waals surface area (Å²) in [6, 6.07) is 12.6. The molecule has 0 aliphatic heterocycles. The van der Waals surface area contributed by atoms with Gasteiger partial charge >= 0.3 is 0 Å². The summed E-state index contributed by atoms with van der Waals surface area (Å²) in [5.41, 5.74) is 3.75. The molecular weight excluding hydrogens is 364 g/mol. The molecule has 0 saturated carbocycles. The molecule has 132 valence electrons. The van der Waals surface area contributed by atoms with Gasteiger partial charge in [0.15, 0.2) is 17.1 Å². The summed E-state index contributed by atoms with van der Waals surface area (Å²) in [4.78, 5) is 4.56. The Morgan fingerprint density at radius 1 is 1.04 bits per heavy atom. The number of fused-ring (bicyclic) bond motifs is 3. The maximum atomic E-state index is 10.1. The van der Waals surface area contributed by atoms with E-state index in [-0.39, 0.29) is 5.75 Å². The van der Waals surface area contributed by atoms with Gasteiger partial charge in [0.2, 0.25) is 0 Å². The summed E-state index contributed by atoms with van der Waals surface area (Å²) in [5.74, 6) is 0.654. The van der Waals surface area contributed by atoms with Gasteiger partial charge in [0, 0.05) is 5.02 Å². The van der Waals surface area contributed by atoms with Crippen LogP contribution in [0.25, 0.3) is 33.8 Å². The molecule has 7 nitrogen and oxygen atoms in total. The topological polar surface area (TPSA) is 81.1 Å². The highest BCUT2D eigenvalue weighted by molar-refractivity contribution is 6.30. The molecule has 0 aliphatic carbocycles. The zero-order valence-corrected chi connectivity index (χ0v) is 15.0. The number of phenolic OH excluding ortho intramolecular Hbond substituents is 1. The van der Waals surface area contributed by atoms with Crippen molar-refractivity contribution in [2.45, 2.75) is 6.92 Å². The van der Waals surface area contributed by atoms with Crippen LogP contribution < -0.4 is 0 Å². The maximum absolute atomic E-state index is 10.1. The van der Waals surface area contributed by atoms with Crippen molar-refractivity contribution < 1.29 is 5.11 Å². The minimum atomic E-state index is 0.136. The predicted molar refractivity (Wildman–Crippen MR) is 102 cm³/mol. The molecule has 3 aromatic heterocycles. The fourth-order valence-electron chi connectivity index (χ4n) is 3.15. The molecule has 0 unspecified atom stereocenters. The van der Waals surface area contributed by atoms with Crippen molar-refractivity contribution in [1.82, 2.24) is 29.4 Å². The fourth-order valence-corrected chi connectivity index (χ4v) is 3.32. The van der Waals surface area contributed by atoms with E-state index in [4.69, 9.17) is 11.6 Å². The number of aromatic hydroxyl groups is 1. The number of hydrogen-bond donors (Lipinski definition) is 1. The fraction of sp³-hybridized carbons (Fsp3) is 0.0526. The molecular formula is C19H13ClN6O. The number of nitrogens with zero attached hydrogens (tertiary/aromatic N) is 6. The smallest absolute Gasteiger partial charge is 0.175 e. The number of hydrogen-bond acceptors (Lipinski definition) is 5. The summed E-state index contributed by atoms with van der Waals surface area (Å²) in [6.07, 6.45) is 3.35. The minimum Gasteiger partial charge on any atom is -0.507 e. The van der Waals surface area contributed by atoms with E-state index in [1.54, 1.807) is 39.8 Å². The van der Waals surface area contributed by atoms with E-state index >= 15 is 0 Å². The van der Waals surface area contributed by atoms with Crippen LogP contribution in [0.4, 0.5) is 0 Å². The Balaban J connectivity index is 1.76. The number of aryl methyl sites for hydroxylation is 1. The molecule has 27 heavy (non-hydrogen) atoms. The monoisotopic (exact) mass is 376 g/mol. The van der Waals surface area contributed by atoms with Crippen molar-refractivity contribution in [3.63, 3.8) is 0 Å². The summed E-state index contributed by atoms with van der Waals surface area (Å²) in [7, 11) is 0. The van der Waals surface area contributed by atoms with Crippen molar-refractivity contribution in [3.8, 4) is 22.8 Å². The zero-order chi connectivity index (χ0) is 18.5. The second-order valence-electron chi connectivity index (χ2n) is 6.20. The number of rotatable bonds is 2. The van der Waals surface area contributed by atoms with Gasteiger partial charge in [-0.05, 0) is 36.8 Å². The number of benzene rings is 2. The molecule has 3 heterocycles. The summed E-state index contributed by atoms with van der Waals surface area (Å²) in [6.45, 7) is 1.99. The normalized spacial score (nSPS) is 11.5. The third-order valence-corrected chi connectivity index (χ3v) is 4.76. The SMILES string of the molecule is Cc1ccc(Cl)cc1-n1ncc2c1ncn1c(-c3ccccc3O)nnc21. The van der Waals surface area contributed by atoms with Gasteiger partial charge in [-0.2, -0.15) is 5.10 Å². The molecule has 0 saturated heterocycles. The average Bonchev–Trinajstić information content (AvgIpc) is 3.28. The van der Waals surface area contributed by atoms with Crippen LogP contribution in [0.15, 0.2) is 55.0 Å². The Kier molecular flexibility index (Phi) is 3.38. The Morgan fingerprint density at radius 3 is 2.74 bits per heavy atom. The molecule has 0 bridgehead atoms. The van der Waals surface area contributed by atoms with Crippen LogP contribution in [-0.4, -0.2) is 34.5 Å². The highest BCUT2D eigenvalue weighted by Gasteiger charge is 2.17. The minimum absolute atomic E-state index is 0.136. The quantitative estimate of drug-likeness (QED) is 0.507. The van der Waals surface area contributed by atoms with Gasteiger partial charge in [-0.15, -0.1) is 10.2 Å². The first-order valence-corrected chi connectivity index (χ1v) is 8.63. The van der Waals surface area contributed by atoms with Crippen molar-refractivity contribution in [2.24, 2.45) is 0 Å². The Bertz CT molecular complexity index is 1320.